The molecule has 0 heterocycles. The van der Waals surface area contributed by atoms with E-state index in [1.165, 1.54) is 18.9 Å². The minimum atomic E-state index is -0.210. The molecule has 0 unspecified atom stereocenters. The number of ether oxygens (including phenoxy) is 1. The Morgan fingerprint density at radius 2 is 2.00 bits per heavy atom. The van der Waals surface area contributed by atoms with Crippen LogP contribution in [0.2, 0.25) is 0 Å². The van der Waals surface area contributed by atoms with Crippen LogP contribution in [-0.4, -0.2) is 12.1 Å². The number of carbonyl (C=O) groups excluding carboxylic acids is 1. The van der Waals surface area contributed by atoms with Gasteiger partial charge in [0.25, 0.3) is 0 Å². The molecule has 1 aliphatic rings. The molecular formula is C16H26O2. The number of hydrogen-bond acceptors (Lipinski definition) is 2. The molecule has 102 valence electrons. The van der Waals surface area contributed by atoms with Crippen LogP contribution in [-0.2, 0) is 9.53 Å². The van der Waals surface area contributed by atoms with Gasteiger partial charge in [-0.25, -0.2) is 4.79 Å². The second kappa shape index (κ2) is 7.40. The van der Waals surface area contributed by atoms with E-state index < -0.39 is 0 Å². The third-order valence-corrected chi connectivity index (χ3v) is 3.76. The molecule has 18 heavy (non-hydrogen) atoms. The van der Waals surface area contributed by atoms with Crippen molar-refractivity contribution in [1.82, 2.24) is 0 Å². The van der Waals surface area contributed by atoms with Gasteiger partial charge in [0.2, 0.25) is 0 Å². The molecule has 1 rings (SSSR count). The van der Waals surface area contributed by atoms with Gasteiger partial charge < -0.3 is 4.74 Å². The van der Waals surface area contributed by atoms with E-state index in [4.69, 9.17) is 4.74 Å². The average molecular weight is 250 g/mol. The Hall–Kier alpha value is -1.05. The first-order valence-electron chi connectivity index (χ1n) is 7.04. The van der Waals surface area contributed by atoms with Crippen LogP contribution in [0.5, 0.6) is 0 Å². The molecule has 0 spiro atoms. The highest BCUT2D eigenvalue weighted by Gasteiger charge is 2.32. The molecule has 2 nitrogen and oxygen atoms in total. The Balaban J connectivity index is 2.57. The van der Waals surface area contributed by atoms with Crippen LogP contribution >= 0.6 is 0 Å². The Morgan fingerprint density at radius 3 is 2.61 bits per heavy atom. The maximum atomic E-state index is 11.7. The van der Waals surface area contributed by atoms with Crippen LogP contribution in [0, 0.1) is 17.8 Å². The van der Waals surface area contributed by atoms with Crippen LogP contribution in [0.15, 0.2) is 24.3 Å². The van der Waals surface area contributed by atoms with Crippen molar-refractivity contribution in [2.75, 3.05) is 0 Å². The fourth-order valence-corrected chi connectivity index (χ4v) is 2.68. The van der Waals surface area contributed by atoms with Crippen LogP contribution < -0.4 is 0 Å². The van der Waals surface area contributed by atoms with E-state index in [2.05, 4.69) is 20.8 Å². The minimum absolute atomic E-state index is 0.0940. The monoisotopic (exact) mass is 250 g/mol. The lowest BCUT2D eigenvalue weighted by atomic mass is 9.75. The van der Waals surface area contributed by atoms with Crippen molar-refractivity contribution >= 4 is 5.97 Å². The molecule has 2 heteroatoms. The molecule has 0 amide bonds. The summed E-state index contributed by atoms with van der Waals surface area (Å²) in [7, 11) is 0. The third-order valence-electron chi connectivity index (χ3n) is 3.76. The van der Waals surface area contributed by atoms with Crippen LogP contribution in [0.4, 0.5) is 0 Å². The fourth-order valence-electron chi connectivity index (χ4n) is 2.68. The number of rotatable bonds is 4. The summed E-state index contributed by atoms with van der Waals surface area (Å²) >= 11 is 0. The average Bonchev–Trinajstić information content (AvgIpc) is 2.29. The third kappa shape index (κ3) is 4.67. The van der Waals surface area contributed by atoms with Gasteiger partial charge >= 0.3 is 5.97 Å². The van der Waals surface area contributed by atoms with E-state index in [1.807, 2.05) is 19.1 Å². The SMILES string of the molecule is C/C=C/C=C/C(=O)O[C@@H]1C[C@H](C)CC[C@H]1C(C)C. The smallest absolute Gasteiger partial charge is 0.331 e. The van der Waals surface area contributed by atoms with Crippen molar-refractivity contribution in [2.45, 2.75) is 53.1 Å². The summed E-state index contributed by atoms with van der Waals surface area (Å²) in [6.45, 7) is 8.61. The largest absolute Gasteiger partial charge is 0.459 e. The van der Waals surface area contributed by atoms with E-state index in [9.17, 15) is 4.79 Å². The van der Waals surface area contributed by atoms with Crippen LogP contribution in [0.25, 0.3) is 0 Å². The summed E-state index contributed by atoms with van der Waals surface area (Å²) in [6, 6.07) is 0. The van der Waals surface area contributed by atoms with Crippen LogP contribution in [0.3, 0.4) is 0 Å². The normalized spacial score (nSPS) is 29.3. The first-order valence-corrected chi connectivity index (χ1v) is 7.04. The van der Waals surface area contributed by atoms with Gasteiger partial charge in [0.15, 0.2) is 0 Å². The van der Waals surface area contributed by atoms with Gasteiger partial charge in [0.1, 0.15) is 6.10 Å². The molecule has 1 saturated carbocycles. The van der Waals surface area contributed by atoms with Gasteiger partial charge in [-0.15, -0.1) is 0 Å². The summed E-state index contributed by atoms with van der Waals surface area (Å²) in [5, 5.41) is 0. The highest BCUT2D eigenvalue weighted by molar-refractivity contribution is 5.82. The van der Waals surface area contributed by atoms with Crippen molar-refractivity contribution in [3.63, 3.8) is 0 Å². The zero-order valence-corrected chi connectivity index (χ0v) is 12.1. The summed E-state index contributed by atoms with van der Waals surface area (Å²) in [5.74, 6) is 1.55. The zero-order chi connectivity index (χ0) is 13.5. The zero-order valence-electron chi connectivity index (χ0n) is 12.1. The topological polar surface area (TPSA) is 26.3 Å². The maximum absolute atomic E-state index is 11.7. The number of hydrogen-bond donors (Lipinski definition) is 0. The van der Waals surface area contributed by atoms with Gasteiger partial charge in [0.05, 0.1) is 0 Å². The van der Waals surface area contributed by atoms with Crippen molar-refractivity contribution < 1.29 is 9.53 Å². The molecular weight excluding hydrogens is 224 g/mol. The number of carbonyl (C=O) groups is 1. The second-order valence-corrected chi connectivity index (χ2v) is 5.69. The molecule has 3 atom stereocenters. The molecule has 0 aromatic heterocycles. The highest BCUT2D eigenvalue weighted by Crippen LogP contribution is 2.35. The highest BCUT2D eigenvalue weighted by atomic mass is 16.5. The van der Waals surface area contributed by atoms with E-state index >= 15 is 0 Å². The van der Waals surface area contributed by atoms with E-state index in [-0.39, 0.29) is 12.1 Å². The molecule has 0 aromatic carbocycles. The lowest BCUT2D eigenvalue weighted by molar-refractivity contribution is -0.149. The Morgan fingerprint density at radius 1 is 1.28 bits per heavy atom. The number of esters is 1. The summed E-state index contributed by atoms with van der Waals surface area (Å²) in [6.07, 6.45) is 10.5. The van der Waals surface area contributed by atoms with E-state index in [0.29, 0.717) is 17.8 Å². The molecule has 0 saturated heterocycles. The standard InChI is InChI=1S/C16H26O2/c1-5-6-7-8-16(17)18-15-11-13(4)9-10-14(15)12(2)3/h5-8,12-15H,9-11H2,1-4H3/b6-5+,8-7+/t13-,14+,15-/m1/s1. The van der Waals surface area contributed by atoms with Crippen LogP contribution in [0.1, 0.15) is 47.0 Å². The first-order chi connectivity index (χ1) is 8.54. The van der Waals surface area contributed by atoms with E-state index in [1.54, 1.807) is 6.08 Å². The summed E-state index contributed by atoms with van der Waals surface area (Å²) in [4.78, 5) is 11.7. The van der Waals surface area contributed by atoms with E-state index in [0.717, 1.165) is 6.42 Å². The molecule has 0 radical (unpaired) electrons. The Kier molecular flexibility index (Phi) is 6.17. The van der Waals surface area contributed by atoms with Gasteiger partial charge in [-0.2, -0.15) is 0 Å². The molecule has 0 aromatic rings. The molecule has 1 aliphatic carbocycles. The lowest BCUT2D eigenvalue weighted by Crippen LogP contribution is -2.35. The Bertz CT molecular complexity index is 315. The molecule has 0 aliphatic heterocycles. The lowest BCUT2D eigenvalue weighted by Gasteiger charge is -2.36. The molecule has 0 bridgehead atoms. The van der Waals surface area contributed by atoms with Gasteiger partial charge in [-0.3, -0.25) is 0 Å². The van der Waals surface area contributed by atoms with Gasteiger partial charge in [-0.1, -0.05) is 45.4 Å². The van der Waals surface area contributed by atoms with Gasteiger partial charge in [0, 0.05) is 6.08 Å². The molecule has 0 N–H and O–H groups in total. The first kappa shape index (κ1) is 15.0. The second-order valence-electron chi connectivity index (χ2n) is 5.69. The van der Waals surface area contributed by atoms with Crippen molar-refractivity contribution in [3.05, 3.63) is 24.3 Å². The van der Waals surface area contributed by atoms with Crippen molar-refractivity contribution in [1.29, 1.82) is 0 Å². The molecule has 1 fully saturated rings. The summed E-state index contributed by atoms with van der Waals surface area (Å²) in [5.41, 5.74) is 0. The maximum Gasteiger partial charge on any atom is 0.331 e. The Labute approximate surface area is 111 Å². The number of allylic oxidation sites excluding steroid dienone is 3. The fraction of sp³-hybridized carbons (Fsp3) is 0.688. The van der Waals surface area contributed by atoms with Crippen molar-refractivity contribution in [2.24, 2.45) is 17.8 Å². The quantitative estimate of drug-likeness (QED) is 0.426. The van der Waals surface area contributed by atoms with Gasteiger partial charge in [-0.05, 0) is 37.5 Å². The minimum Gasteiger partial charge on any atom is -0.459 e. The van der Waals surface area contributed by atoms with Crippen molar-refractivity contribution in [3.8, 4) is 0 Å². The predicted octanol–water partition coefficient (Wildman–Crippen LogP) is 4.12. The summed E-state index contributed by atoms with van der Waals surface area (Å²) < 4.78 is 5.62. The predicted molar refractivity (Wildman–Crippen MR) is 75.2 cm³/mol.